The molecule has 2 rings (SSSR count). The summed E-state index contributed by atoms with van der Waals surface area (Å²) in [5.74, 6) is 0.507. The van der Waals surface area contributed by atoms with Gasteiger partial charge in [-0.2, -0.15) is 0 Å². The summed E-state index contributed by atoms with van der Waals surface area (Å²) >= 11 is 0. The van der Waals surface area contributed by atoms with Gasteiger partial charge in [-0.15, -0.1) is 0 Å². The van der Waals surface area contributed by atoms with Gasteiger partial charge in [0.2, 0.25) is 0 Å². The van der Waals surface area contributed by atoms with Crippen LogP contribution < -0.4 is 5.32 Å². The van der Waals surface area contributed by atoms with E-state index in [4.69, 9.17) is 0 Å². The lowest BCUT2D eigenvalue weighted by molar-refractivity contribution is -0.0296. The Morgan fingerprint density at radius 2 is 1.67 bits per heavy atom. The third-order valence-electron chi connectivity index (χ3n) is 4.55. The molecule has 2 saturated carbocycles. The molecule has 2 nitrogen and oxygen atoms in total. The van der Waals surface area contributed by atoms with E-state index in [1.165, 1.54) is 44.9 Å². The highest BCUT2D eigenvalue weighted by Crippen LogP contribution is 2.42. The summed E-state index contributed by atoms with van der Waals surface area (Å²) in [5.41, 5.74) is -0.335. The molecule has 2 N–H and O–H groups in total. The maximum absolute atomic E-state index is 10.7. The van der Waals surface area contributed by atoms with Gasteiger partial charge in [0.15, 0.2) is 0 Å². The molecule has 0 radical (unpaired) electrons. The minimum absolute atomic E-state index is 0.335. The van der Waals surface area contributed by atoms with Crippen molar-refractivity contribution in [2.45, 2.75) is 69.4 Å². The minimum atomic E-state index is -0.335. The molecule has 2 aliphatic rings. The first-order valence-electron chi connectivity index (χ1n) is 6.66. The van der Waals surface area contributed by atoms with Crippen LogP contribution in [0.4, 0.5) is 0 Å². The van der Waals surface area contributed by atoms with Gasteiger partial charge >= 0.3 is 0 Å². The van der Waals surface area contributed by atoms with Crippen molar-refractivity contribution >= 4 is 0 Å². The van der Waals surface area contributed by atoms with Crippen LogP contribution in [0.2, 0.25) is 0 Å². The molecule has 0 aromatic rings. The van der Waals surface area contributed by atoms with E-state index in [-0.39, 0.29) is 5.60 Å². The zero-order valence-electron chi connectivity index (χ0n) is 9.97. The zero-order valence-corrected chi connectivity index (χ0v) is 9.97. The number of aliphatic hydroxyl groups is 1. The Morgan fingerprint density at radius 1 is 1.00 bits per heavy atom. The molecule has 0 unspecified atom stereocenters. The van der Waals surface area contributed by atoms with E-state index >= 15 is 0 Å². The lowest BCUT2D eigenvalue weighted by atomic mass is 9.78. The van der Waals surface area contributed by atoms with Crippen LogP contribution in [0.25, 0.3) is 0 Å². The summed E-state index contributed by atoms with van der Waals surface area (Å²) < 4.78 is 0. The van der Waals surface area contributed by atoms with E-state index in [0.717, 1.165) is 12.8 Å². The molecular weight excluding hydrogens is 186 g/mol. The molecule has 15 heavy (non-hydrogen) atoms. The molecule has 2 heteroatoms. The SMILES string of the molecule is CN[C@H]1CCCCC[C@H]1C1(O)CCCC1. The van der Waals surface area contributed by atoms with Crippen molar-refractivity contribution in [1.82, 2.24) is 5.32 Å². The van der Waals surface area contributed by atoms with E-state index < -0.39 is 0 Å². The van der Waals surface area contributed by atoms with E-state index in [9.17, 15) is 5.11 Å². The molecular formula is C13H25NO. The quantitative estimate of drug-likeness (QED) is 0.688. The highest BCUT2D eigenvalue weighted by molar-refractivity contribution is 4.96. The fourth-order valence-electron chi connectivity index (χ4n) is 3.65. The van der Waals surface area contributed by atoms with Crippen molar-refractivity contribution in [2.24, 2.45) is 5.92 Å². The van der Waals surface area contributed by atoms with Crippen LogP contribution >= 0.6 is 0 Å². The third-order valence-corrected chi connectivity index (χ3v) is 4.55. The fourth-order valence-corrected chi connectivity index (χ4v) is 3.65. The number of rotatable bonds is 2. The molecule has 0 amide bonds. The number of hydrogen-bond donors (Lipinski definition) is 2. The molecule has 88 valence electrons. The van der Waals surface area contributed by atoms with Gasteiger partial charge in [0.1, 0.15) is 0 Å². The normalized spacial score (nSPS) is 36.4. The molecule has 0 spiro atoms. The smallest absolute Gasteiger partial charge is 0.0690 e. The van der Waals surface area contributed by atoms with Crippen LogP contribution in [0, 0.1) is 5.92 Å². The van der Waals surface area contributed by atoms with Gasteiger partial charge in [-0.3, -0.25) is 0 Å². The second-order valence-corrected chi connectivity index (χ2v) is 5.45. The van der Waals surface area contributed by atoms with Gasteiger partial charge in [0.05, 0.1) is 5.60 Å². The van der Waals surface area contributed by atoms with Gasteiger partial charge in [0, 0.05) is 12.0 Å². The largest absolute Gasteiger partial charge is 0.390 e. The summed E-state index contributed by atoms with van der Waals surface area (Å²) in [5, 5.41) is 14.1. The van der Waals surface area contributed by atoms with Crippen LogP contribution in [0.3, 0.4) is 0 Å². The predicted octanol–water partition coefficient (Wildman–Crippen LogP) is 2.46. The first-order valence-corrected chi connectivity index (χ1v) is 6.66. The van der Waals surface area contributed by atoms with Crippen molar-refractivity contribution in [3.63, 3.8) is 0 Å². The molecule has 0 aromatic carbocycles. The fraction of sp³-hybridized carbons (Fsp3) is 1.00. The first-order chi connectivity index (χ1) is 7.26. The zero-order chi connectivity index (χ0) is 10.7. The molecule has 0 heterocycles. The maximum atomic E-state index is 10.7. The lowest BCUT2D eigenvalue weighted by Crippen LogP contribution is -2.46. The number of hydrogen-bond acceptors (Lipinski definition) is 2. The molecule has 0 bridgehead atoms. The highest BCUT2D eigenvalue weighted by atomic mass is 16.3. The Morgan fingerprint density at radius 3 is 2.33 bits per heavy atom. The second-order valence-electron chi connectivity index (χ2n) is 5.45. The molecule has 0 saturated heterocycles. The predicted molar refractivity (Wildman–Crippen MR) is 62.8 cm³/mol. The topological polar surface area (TPSA) is 32.3 Å². The van der Waals surface area contributed by atoms with E-state index in [1.54, 1.807) is 0 Å². The van der Waals surface area contributed by atoms with Gasteiger partial charge in [-0.25, -0.2) is 0 Å². The Kier molecular flexibility index (Phi) is 3.68. The third kappa shape index (κ3) is 2.36. The van der Waals surface area contributed by atoms with Crippen LogP contribution in [-0.4, -0.2) is 23.8 Å². The van der Waals surface area contributed by atoms with Crippen molar-refractivity contribution in [1.29, 1.82) is 0 Å². The molecule has 0 aromatic heterocycles. The van der Waals surface area contributed by atoms with Gasteiger partial charge in [-0.05, 0) is 32.7 Å². The lowest BCUT2D eigenvalue weighted by Gasteiger charge is -2.37. The average Bonchev–Trinajstić information content (AvgIpc) is 2.55. The van der Waals surface area contributed by atoms with E-state index in [0.29, 0.717) is 12.0 Å². The van der Waals surface area contributed by atoms with Gasteiger partial charge < -0.3 is 10.4 Å². The highest BCUT2D eigenvalue weighted by Gasteiger charge is 2.42. The Hall–Kier alpha value is -0.0800. The average molecular weight is 211 g/mol. The van der Waals surface area contributed by atoms with Crippen molar-refractivity contribution in [3.8, 4) is 0 Å². The van der Waals surface area contributed by atoms with E-state index in [2.05, 4.69) is 12.4 Å². The molecule has 2 aliphatic carbocycles. The molecule has 2 atom stereocenters. The molecule has 2 fully saturated rings. The Labute approximate surface area is 93.5 Å². The standard InChI is InChI=1S/C13H25NO/c1-14-12-8-4-2-3-7-11(12)13(15)9-5-6-10-13/h11-12,14-15H,2-10H2,1H3/t11-,12+/m1/s1. The van der Waals surface area contributed by atoms with Crippen molar-refractivity contribution in [3.05, 3.63) is 0 Å². The van der Waals surface area contributed by atoms with Crippen molar-refractivity contribution in [2.75, 3.05) is 7.05 Å². The van der Waals surface area contributed by atoms with Crippen molar-refractivity contribution < 1.29 is 5.11 Å². The minimum Gasteiger partial charge on any atom is -0.390 e. The van der Waals surface area contributed by atoms with Crippen LogP contribution in [0.1, 0.15) is 57.8 Å². The summed E-state index contributed by atoms with van der Waals surface area (Å²) in [6, 6.07) is 0.551. The first kappa shape index (κ1) is 11.4. The summed E-state index contributed by atoms with van der Waals surface area (Å²) in [6.45, 7) is 0. The van der Waals surface area contributed by atoms with Gasteiger partial charge in [-0.1, -0.05) is 32.1 Å². The Bertz CT molecular complexity index is 199. The number of nitrogens with one attached hydrogen (secondary N) is 1. The monoisotopic (exact) mass is 211 g/mol. The summed E-state index contributed by atoms with van der Waals surface area (Å²) in [6.07, 6.45) is 11.0. The van der Waals surface area contributed by atoms with Crippen LogP contribution in [0.15, 0.2) is 0 Å². The van der Waals surface area contributed by atoms with Gasteiger partial charge in [0.25, 0.3) is 0 Å². The van der Waals surface area contributed by atoms with E-state index in [1.807, 2.05) is 0 Å². The van der Waals surface area contributed by atoms with Crippen LogP contribution in [-0.2, 0) is 0 Å². The molecule has 0 aliphatic heterocycles. The van der Waals surface area contributed by atoms with Crippen LogP contribution in [0.5, 0.6) is 0 Å². The summed E-state index contributed by atoms with van der Waals surface area (Å²) in [4.78, 5) is 0. The Balaban J connectivity index is 2.08. The summed E-state index contributed by atoms with van der Waals surface area (Å²) in [7, 11) is 2.06. The second kappa shape index (κ2) is 4.84. The maximum Gasteiger partial charge on any atom is 0.0690 e.